The lowest BCUT2D eigenvalue weighted by Crippen LogP contribution is -2.25. The van der Waals surface area contributed by atoms with Crippen LogP contribution in [0.2, 0.25) is 0 Å². The van der Waals surface area contributed by atoms with E-state index in [2.05, 4.69) is 21.8 Å². The van der Waals surface area contributed by atoms with Crippen molar-refractivity contribution in [2.24, 2.45) is 0 Å². The maximum absolute atomic E-state index is 11.1. The molecular formula is C11H13NO2. The predicted molar refractivity (Wildman–Crippen MR) is 52.6 cm³/mol. The zero-order chi connectivity index (χ0) is 9.97. The van der Waals surface area contributed by atoms with E-state index in [0.717, 1.165) is 13.1 Å². The smallest absolute Gasteiger partial charge is 0.319 e. The van der Waals surface area contributed by atoms with Gasteiger partial charge in [0.15, 0.2) is 0 Å². The Kier molecular flexibility index (Phi) is 2.50. The number of carbonyl (C=O) groups excluding carboxylic acids is 1. The van der Waals surface area contributed by atoms with E-state index in [0.29, 0.717) is 6.54 Å². The first-order chi connectivity index (χ1) is 6.79. The molecule has 0 fully saturated rings. The van der Waals surface area contributed by atoms with Gasteiger partial charge in [-0.15, -0.1) is 0 Å². The number of benzene rings is 1. The molecule has 1 heterocycles. The van der Waals surface area contributed by atoms with Crippen molar-refractivity contribution in [3.05, 3.63) is 35.4 Å². The lowest BCUT2D eigenvalue weighted by molar-refractivity contribution is -0.142. The highest BCUT2D eigenvalue weighted by Gasteiger charge is 2.20. The molecule has 2 rings (SSSR count). The van der Waals surface area contributed by atoms with Crippen LogP contribution in [0.25, 0.3) is 0 Å². The maximum Gasteiger partial charge on any atom is 0.319 e. The lowest BCUT2D eigenvalue weighted by Gasteiger charge is -2.11. The minimum atomic E-state index is -0.169. The third kappa shape index (κ3) is 1.77. The highest BCUT2D eigenvalue weighted by molar-refractivity contribution is 5.71. The maximum atomic E-state index is 11.1. The fourth-order valence-electron chi connectivity index (χ4n) is 1.76. The van der Waals surface area contributed by atoms with Crippen molar-refractivity contribution in [3.63, 3.8) is 0 Å². The molecule has 0 N–H and O–H groups in total. The summed E-state index contributed by atoms with van der Waals surface area (Å²) in [6.45, 7) is 2.09. The van der Waals surface area contributed by atoms with Gasteiger partial charge in [-0.25, -0.2) is 0 Å². The molecule has 3 nitrogen and oxygen atoms in total. The molecule has 3 heteroatoms. The van der Waals surface area contributed by atoms with Crippen molar-refractivity contribution in [2.45, 2.75) is 13.1 Å². The average molecular weight is 191 g/mol. The summed E-state index contributed by atoms with van der Waals surface area (Å²) in [5.41, 5.74) is 2.63. The van der Waals surface area contributed by atoms with Gasteiger partial charge >= 0.3 is 5.97 Å². The fourth-order valence-corrected chi connectivity index (χ4v) is 1.76. The van der Waals surface area contributed by atoms with E-state index in [4.69, 9.17) is 0 Å². The SMILES string of the molecule is COC(=O)CN1Cc2ccccc2C1. The summed E-state index contributed by atoms with van der Waals surface area (Å²) in [7, 11) is 1.42. The summed E-state index contributed by atoms with van der Waals surface area (Å²) in [6, 6.07) is 8.26. The van der Waals surface area contributed by atoms with Crippen LogP contribution in [0.1, 0.15) is 11.1 Å². The van der Waals surface area contributed by atoms with Crippen molar-refractivity contribution in [1.29, 1.82) is 0 Å². The lowest BCUT2D eigenvalue weighted by atomic mass is 10.1. The van der Waals surface area contributed by atoms with E-state index >= 15 is 0 Å². The summed E-state index contributed by atoms with van der Waals surface area (Å²) >= 11 is 0. The minimum Gasteiger partial charge on any atom is -0.468 e. The monoisotopic (exact) mass is 191 g/mol. The predicted octanol–water partition coefficient (Wildman–Crippen LogP) is 1.18. The molecule has 1 aromatic rings. The molecule has 0 bridgehead atoms. The second-order valence-corrected chi connectivity index (χ2v) is 3.49. The van der Waals surface area contributed by atoms with Crippen LogP contribution in [-0.2, 0) is 22.6 Å². The van der Waals surface area contributed by atoms with E-state index < -0.39 is 0 Å². The van der Waals surface area contributed by atoms with E-state index in [1.807, 2.05) is 12.1 Å². The molecule has 0 radical (unpaired) electrons. The second-order valence-electron chi connectivity index (χ2n) is 3.49. The molecule has 1 aliphatic heterocycles. The second kappa shape index (κ2) is 3.80. The number of nitrogens with zero attached hydrogens (tertiary/aromatic N) is 1. The Labute approximate surface area is 83.3 Å². The summed E-state index contributed by atoms with van der Waals surface area (Å²) in [5, 5.41) is 0. The number of fused-ring (bicyclic) bond motifs is 1. The number of rotatable bonds is 2. The first-order valence-corrected chi connectivity index (χ1v) is 4.65. The van der Waals surface area contributed by atoms with Crippen LogP contribution < -0.4 is 0 Å². The van der Waals surface area contributed by atoms with Crippen molar-refractivity contribution < 1.29 is 9.53 Å². The van der Waals surface area contributed by atoms with Crippen LogP contribution >= 0.6 is 0 Å². The highest BCUT2D eigenvalue weighted by atomic mass is 16.5. The number of hydrogen-bond acceptors (Lipinski definition) is 3. The van der Waals surface area contributed by atoms with Crippen molar-refractivity contribution in [1.82, 2.24) is 4.90 Å². The van der Waals surface area contributed by atoms with Gasteiger partial charge in [-0.2, -0.15) is 0 Å². The summed E-state index contributed by atoms with van der Waals surface area (Å²) < 4.78 is 4.63. The Morgan fingerprint density at radius 1 is 1.36 bits per heavy atom. The number of ether oxygens (including phenoxy) is 1. The number of methoxy groups -OCH3 is 1. The van der Waals surface area contributed by atoms with Crippen LogP contribution in [0.5, 0.6) is 0 Å². The molecular weight excluding hydrogens is 178 g/mol. The molecule has 0 saturated carbocycles. The molecule has 74 valence electrons. The number of hydrogen-bond donors (Lipinski definition) is 0. The third-order valence-electron chi connectivity index (χ3n) is 2.49. The van der Waals surface area contributed by atoms with Crippen LogP contribution in [0, 0.1) is 0 Å². The van der Waals surface area contributed by atoms with E-state index in [1.165, 1.54) is 18.2 Å². The van der Waals surface area contributed by atoms with Crippen LogP contribution in [-0.4, -0.2) is 24.5 Å². The topological polar surface area (TPSA) is 29.5 Å². The summed E-state index contributed by atoms with van der Waals surface area (Å²) in [4.78, 5) is 13.1. The van der Waals surface area contributed by atoms with E-state index in [-0.39, 0.29) is 5.97 Å². The number of esters is 1. The largest absolute Gasteiger partial charge is 0.468 e. The molecule has 1 aromatic carbocycles. The van der Waals surface area contributed by atoms with Crippen molar-refractivity contribution >= 4 is 5.97 Å². The van der Waals surface area contributed by atoms with Gasteiger partial charge in [0.25, 0.3) is 0 Å². The zero-order valence-corrected chi connectivity index (χ0v) is 8.19. The van der Waals surface area contributed by atoms with Gasteiger partial charge in [-0.3, -0.25) is 9.69 Å². The summed E-state index contributed by atoms with van der Waals surface area (Å²) in [5.74, 6) is -0.169. The Bertz CT molecular complexity index is 324. The van der Waals surface area contributed by atoms with Crippen molar-refractivity contribution in [3.8, 4) is 0 Å². The Balaban J connectivity index is 2.01. The van der Waals surface area contributed by atoms with E-state index in [1.54, 1.807) is 0 Å². The average Bonchev–Trinajstić information content (AvgIpc) is 2.59. The summed E-state index contributed by atoms with van der Waals surface area (Å²) in [6.07, 6.45) is 0. The standard InChI is InChI=1S/C11H13NO2/c1-14-11(13)8-12-6-9-4-2-3-5-10(9)7-12/h2-5H,6-8H2,1H3. The minimum absolute atomic E-state index is 0.169. The molecule has 0 amide bonds. The first-order valence-electron chi connectivity index (χ1n) is 4.65. The van der Waals surface area contributed by atoms with Gasteiger partial charge in [0.2, 0.25) is 0 Å². The van der Waals surface area contributed by atoms with Gasteiger partial charge in [-0.05, 0) is 11.1 Å². The molecule has 0 spiro atoms. The van der Waals surface area contributed by atoms with Gasteiger partial charge in [-0.1, -0.05) is 24.3 Å². The zero-order valence-electron chi connectivity index (χ0n) is 8.19. The first kappa shape index (κ1) is 9.21. The molecule has 1 aliphatic rings. The molecule has 14 heavy (non-hydrogen) atoms. The van der Waals surface area contributed by atoms with Crippen LogP contribution in [0.4, 0.5) is 0 Å². The van der Waals surface area contributed by atoms with Gasteiger partial charge in [0, 0.05) is 13.1 Å². The fraction of sp³-hybridized carbons (Fsp3) is 0.364. The molecule has 0 aromatic heterocycles. The molecule has 0 aliphatic carbocycles. The van der Waals surface area contributed by atoms with Gasteiger partial charge in [0.1, 0.15) is 0 Å². The van der Waals surface area contributed by atoms with Gasteiger partial charge < -0.3 is 4.74 Å². The van der Waals surface area contributed by atoms with E-state index in [9.17, 15) is 4.79 Å². The third-order valence-corrected chi connectivity index (χ3v) is 2.49. The van der Waals surface area contributed by atoms with Crippen molar-refractivity contribution in [2.75, 3.05) is 13.7 Å². The Morgan fingerprint density at radius 2 is 1.93 bits per heavy atom. The Hall–Kier alpha value is -1.35. The highest BCUT2D eigenvalue weighted by Crippen LogP contribution is 2.21. The van der Waals surface area contributed by atoms with Gasteiger partial charge in [0.05, 0.1) is 13.7 Å². The number of carbonyl (C=O) groups is 1. The molecule has 0 atom stereocenters. The quantitative estimate of drug-likeness (QED) is 0.657. The molecule has 0 saturated heterocycles. The normalized spacial score (nSPS) is 15.2. The molecule has 0 unspecified atom stereocenters. The van der Waals surface area contributed by atoms with Crippen LogP contribution in [0.15, 0.2) is 24.3 Å². The Morgan fingerprint density at radius 3 is 2.43 bits per heavy atom. The van der Waals surface area contributed by atoms with Crippen LogP contribution in [0.3, 0.4) is 0 Å².